The Morgan fingerprint density at radius 1 is 1.14 bits per heavy atom. The summed E-state index contributed by atoms with van der Waals surface area (Å²) in [6.07, 6.45) is 5.25. The first-order chi connectivity index (χ1) is 10.8. The van der Waals surface area contributed by atoms with E-state index in [0.29, 0.717) is 12.2 Å². The fraction of sp³-hybridized carbons (Fsp3) is 0.333. The van der Waals surface area contributed by atoms with Gasteiger partial charge < -0.3 is 10.6 Å². The van der Waals surface area contributed by atoms with E-state index >= 15 is 0 Å². The average molecular weight is 297 g/mol. The summed E-state index contributed by atoms with van der Waals surface area (Å²) in [5.74, 6) is 0.617. The van der Waals surface area contributed by atoms with Crippen LogP contribution in [0.2, 0.25) is 0 Å². The molecule has 0 saturated carbocycles. The molecule has 116 valence electrons. The number of aryl methyl sites for hydroxylation is 1. The standard InChI is InChI=1S/C18H23N3O/c1-2-7-18(22)21-17-12-11-16(14-20-17)19-13-6-10-15-8-4-3-5-9-15/h3-5,8-9,11-12,14,19H,2,6-7,10,13H2,1H3,(H,20,21,22). The Morgan fingerprint density at radius 3 is 2.64 bits per heavy atom. The second-order valence-electron chi connectivity index (χ2n) is 5.25. The fourth-order valence-corrected chi connectivity index (χ4v) is 2.17. The second-order valence-corrected chi connectivity index (χ2v) is 5.25. The number of rotatable bonds is 8. The van der Waals surface area contributed by atoms with Gasteiger partial charge in [0, 0.05) is 13.0 Å². The highest BCUT2D eigenvalue weighted by molar-refractivity contribution is 5.89. The predicted octanol–water partition coefficient (Wildman–Crippen LogP) is 3.86. The number of pyridine rings is 1. The number of carbonyl (C=O) groups is 1. The average Bonchev–Trinajstić information content (AvgIpc) is 2.54. The topological polar surface area (TPSA) is 54.0 Å². The number of anilines is 2. The van der Waals surface area contributed by atoms with Crippen molar-refractivity contribution in [2.45, 2.75) is 32.6 Å². The SMILES string of the molecule is CCCC(=O)Nc1ccc(NCCCc2ccccc2)cn1. The molecule has 1 aromatic carbocycles. The van der Waals surface area contributed by atoms with Crippen molar-refractivity contribution < 1.29 is 4.79 Å². The lowest BCUT2D eigenvalue weighted by Gasteiger charge is -2.08. The summed E-state index contributed by atoms with van der Waals surface area (Å²) < 4.78 is 0. The molecule has 0 aliphatic carbocycles. The van der Waals surface area contributed by atoms with Gasteiger partial charge >= 0.3 is 0 Å². The van der Waals surface area contributed by atoms with Gasteiger partial charge in [0.1, 0.15) is 5.82 Å². The molecule has 0 radical (unpaired) electrons. The van der Waals surface area contributed by atoms with E-state index in [1.165, 1.54) is 5.56 Å². The Kier molecular flexibility index (Phi) is 6.42. The van der Waals surface area contributed by atoms with Crippen LogP contribution in [0.3, 0.4) is 0 Å². The highest BCUT2D eigenvalue weighted by Gasteiger charge is 2.01. The van der Waals surface area contributed by atoms with Crippen LogP contribution in [0.25, 0.3) is 0 Å². The molecule has 1 amide bonds. The largest absolute Gasteiger partial charge is 0.384 e. The van der Waals surface area contributed by atoms with E-state index in [-0.39, 0.29) is 5.91 Å². The number of aromatic nitrogens is 1. The number of hydrogen-bond donors (Lipinski definition) is 2. The van der Waals surface area contributed by atoms with Crippen LogP contribution in [0.1, 0.15) is 31.7 Å². The van der Waals surface area contributed by atoms with Gasteiger partial charge in [-0.15, -0.1) is 0 Å². The molecule has 2 aromatic rings. The summed E-state index contributed by atoms with van der Waals surface area (Å²) in [4.78, 5) is 15.7. The van der Waals surface area contributed by atoms with Crippen LogP contribution in [-0.2, 0) is 11.2 Å². The van der Waals surface area contributed by atoms with Crippen molar-refractivity contribution in [3.8, 4) is 0 Å². The molecular formula is C18H23N3O. The maximum atomic E-state index is 11.5. The van der Waals surface area contributed by atoms with Crippen LogP contribution < -0.4 is 10.6 Å². The van der Waals surface area contributed by atoms with Crippen LogP contribution in [0, 0.1) is 0 Å². The minimum Gasteiger partial charge on any atom is -0.384 e. The number of amides is 1. The number of carbonyl (C=O) groups excluding carboxylic acids is 1. The lowest BCUT2D eigenvalue weighted by molar-refractivity contribution is -0.116. The van der Waals surface area contributed by atoms with Crippen molar-refractivity contribution in [2.24, 2.45) is 0 Å². The fourth-order valence-electron chi connectivity index (χ4n) is 2.17. The zero-order valence-electron chi connectivity index (χ0n) is 13.0. The van der Waals surface area contributed by atoms with Crippen molar-refractivity contribution >= 4 is 17.4 Å². The zero-order chi connectivity index (χ0) is 15.6. The van der Waals surface area contributed by atoms with Gasteiger partial charge in [0.2, 0.25) is 5.91 Å². The Balaban J connectivity index is 1.71. The van der Waals surface area contributed by atoms with Crippen LogP contribution in [0.15, 0.2) is 48.7 Å². The molecule has 0 saturated heterocycles. The quantitative estimate of drug-likeness (QED) is 0.727. The van der Waals surface area contributed by atoms with Crippen LogP contribution in [-0.4, -0.2) is 17.4 Å². The Morgan fingerprint density at radius 2 is 1.95 bits per heavy atom. The number of hydrogen-bond acceptors (Lipinski definition) is 3. The molecular weight excluding hydrogens is 274 g/mol. The normalized spacial score (nSPS) is 10.2. The highest BCUT2D eigenvalue weighted by Crippen LogP contribution is 2.10. The minimum absolute atomic E-state index is 0.0126. The molecule has 22 heavy (non-hydrogen) atoms. The number of nitrogens with zero attached hydrogens (tertiary/aromatic N) is 1. The summed E-state index contributed by atoms with van der Waals surface area (Å²) in [7, 11) is 0. The van der Waals surface area contributed by atoms with Gasteiger partial charge in [-0.25, -0.2) is 4.98 Å². The van der Waals surface area contributed by atoms with Gasteiger partial charge in [-0.05, 0) is 37.0 Å². The molecule has 1 heterocycles. The molecule has 0 atom stereocenters. The van der Waals surface area contributed by atoms with E-state index in [0.717, 1.165) is 31.5 Å². The lowest BCUT2D eigenvalue weighted by atomic mass is 10.1. The van der Waals surface area contributed by atoms with E-state index in [1.54, 1.807) is 6.20 Å². The summed E-state index contributed by atoms with van der Waals surface area (Å²) in [5, 5.41) is 6.13. The Labute approximate surface area is 132 Å². The van der Waals surface area contributed by atoms with E-state index in [4.69, 9.17) is 0 Å². The molecule has 4 heteroatoms. The molecule has 0 spiro atoms. The lowest BCUT2D eigenvalue weighted by Crippen LogP contribution is -2.12. The first-order valence-corrected chi connectivity index (χ1v) is 7.81. The van der Waals surface area contributed by atoms with Gasteiger partial charge in [0.05, 0.1) is 11.9 Å². The smallest absolute Gasteiger partial charge is 0.225 e. The zero-order valence-corrected chi connectivity index (χ0v) is 13.0. The third kappa shape index (κ3) is 5.56. The number of nitrogens with one attached hydrogen (secondary N) is 2. The van der Waals surface area contributed by atoms with E-state index in [2.05, 4.69) is 39.9 Å². The summed E-state index contributed by atoms with van der Waals surface area (Å²) in [6, 6.07) is 14.2. The molecule has 0 aliphatic heterocycles. The van der Waals surface area contributed by atoms with Gasteiger partial charge in [-0.1, -0.05) is 37.3 Å². The highest BCUT2D eigenvalue weighted by atomic mass is 16.1. The number of benzene rings is 1. The molecule has 4 nitrogen and oxygen atoms in total. The third-order valence-electron chi connectivity index (χ3n) is 3.32. The molecule has 1 aromatic heterocycles. The third-order valence-corrected chi connectivity index (χ3v) is 3.32. The minimum atomic E-state index is 0.0126. The second kappa shape index (κ2) is 8.82. The van der Waals surface area contributed by atoms with Crippen molar-refractivity contribution in [3.05, 3.63) is 54.2 Å². The van der Waals surface area contributed by atoms with E-state index < -0.39 is 0 Å². The first-order valence-electron chi connectivity index (χ1n) is 7.81. The summed E-state index contributed by atoms with van der Waals surface area (Å²) >= 11 is 0. The van der Waals surface area contributed by atoms with Crippen molar-refractivity contribution in [1.82, 2.24) is 4.98 Å². The van der Waals surface area contributed by atoms with Crippen LogP contribution >= 0.6 is 0 Å². The Hall–Kier alpha value is -2.36. The molecule has 0 aliphatic rings. The molecule has 0 fully saturated rings. The first kappa shape index (κ1) is 16.0. The predicted molar refractivity (Wildman–Crippen MR) is 91.0 cm³/mol. The molecule has 2 rings (SSSR count). The van der Waals surface area contributed by atoms with E-state index in [1.807, 2.05) is 25.1 Å². The molecule has 0 unspecified atom stereocenters. The van der Waals surface area contributed by atoms with Crippen molar-refractivity contribution in [2.75, 3.05) is 17.2 Å². The van der Waals surface area contributed by atoms with Gasteiger partial charge in [-0.2, -0.15) is 0 Å². The van der Waals surface area contributed by atoms with Gasteiger partial charge in [0.15, 0.2) is 0 Å². The van der Waals surface area contributed by atoms with Crippen molar-refractivity contribution in [1.29, 1.82) is 0 Å². The van der Waals surface area contributed by atoms with E-state index in [9.17, 15) is 4.79 Å². The summed E-state index contributed by atoms with van der Waals surface area (Å²) in [5.41, 5.74) is 2.33. The van der Waals surface area contributed by atoms with Crippen LogP contribution in [0.5, 0.6) is 0 Å². The maximum Gasteiger partial charge on any atom is 0.225 e. The van der Waals surface area contributed by atoms with Gasteiger partial charge in [-0.3, -0.25) is 4.79 Å². The van der Waals surface area contributed by atoms with Crippen LogP contribution in [0.4, 0.5) is 11.5 Å². The molecule has 2 N–H and O–H groups in total. The monoisotopic (exact) mass is 297 g/mol. The van der Waals surface area contributed by atoms with Gasteiger partial charge in [0.25, 0.3) is 0 Å². The van der Waals surface area contributed by atoms with Crippen molar-refractivity contribution in [3.63, 3.8) is 0 Å². The Bertz CT molecular complexity index is 567. The molecule has 0 bridgehead atoms. The summed E-state index contributed by atoms with van der Waals surface area (Å²) in [6.45, 7) is 2.88. The maximum absolute atomic E-state index is 11.5.